The maximum absolute atomic E-state index is 12.6. The molecule has 3 rings (SSSR count). The molecule has 1 fully saturated rings. The van der Waals surface area contributed by atoms with Crippen molar-refractivity contribution >= 4 is 17.1 Å². The van der Waals surface area contributed by atoms with Crippen LogP contribution in [0.3, 0.4) is 0 Å². The molecule has 0 spiro atoms. The Hall–Kier alpha value is -2.38. The lowest BCUT2D eigenvalue weighted by molar-refractivity contribution is -0.123. The number of rotatable bonds is 3. The van der Waals surface area contributed by atoms with Gasteiger partial charge in [-0.05, 0) is 18.3 Å². The van der Waals surface area contributed by atoms with E-state index in [0.717, 1.165) is 17.4 Å². The van der Waals surface area contributed by atoms with Crippen LogP contribution in [0.15, 0.2) is 15.9 Å². The van der Waals surface area contributed by atoms with Gasteiger partial charge in [0.05, 0.1) is 6.33 Å². The minimum atomic E-state index is -0.531. The summed E-state index contributed by atoms with van der Waals surface area (Å²) in [4.78, 5) is 41.6. The molecule has 1 aliphatic carbocycles. The van der Waals surface area contributed by atoms with E-state index < -0.39 is 11.2 Å². The summed E-state index contributed by atoms with van der Waals surface area (Å²) in [6.45, 7) is 4.06. The Kier molecular flexibility index (Phi) is 4.53. The number of nitrogens with zero attached hydrogens (tertiary/aromatic N) is 4. The van der Waals surface area contributed by atoms with Gasteiger partial charge < -0.3 is 9.88 Å². The molecular weight excluding hydrogens is 322 g/mol. The molecule has 3 atom stereocenters. The fourth-order valence-corrected chi connectivity index (χ4v) is 3.72. The molecule has 136 valence electrons. The summed E-state index contributed by atoms with van der Waals surface area (Å²) >= 11 is 0. The van der Waals surface area contributed by atoms with E-state index in [1.165, 1.54) is 17.3 Å². The molecule has 1 amide bonds. The molecule has 25 heavy (non-hydrogen) atoms. The SMILES string of the molecule is CC1CCCC(NC(=O)Cn2c(=O)c3c(ncn3C)n(C)c2=O)C1C. The second kappa shape index (κ2) is 6.50. The fourth-order valence-electron chi connectivity index (χ4n) is 3.72. The van der Waals surface area contributed by atoms with E-state index in [1.54, 1.807) is 18.7 Å². The van der Waals surface area contributed by atoms with Crippen molar-refractivity contribution in [1.82, 2.24) is 24.0 Å². The highest BCUT2D eigenvalue weighted by Gasteiger charge is 2.28. The van der Waals surface area contributed by atoms with Crippen LogP contribution in [0.5, 0.6) is 0 Å². The molecule has 3 unspecified atom stereocenters. The maximum Gasteiger partial charge on any atom is 0.332 e. The van der Waals surface area contributed by atoms with Crippen LogP contribution in [0.4, 0.5) is 0 Å². The normalized spacial score (nSPS) is 23.8. The van der Waals surface area contributed by atoms with E-state index in [1.807, 2.05) is 0 Å². The number of hydrogen-bond donors (Lipinski definition) is 1. The zero-order chi connectivity index (χ0) is 18.3. The monoisotopic (exact) mass is 347 g/mol. The second-order valence-corrected chi connectivity index (χ2v) is 7.20. The summed E-state index contributed by atoms with van der Waals surface area (Å²) in [6.07, 6.45) is 4.68. The molecule has 8 heteroatoms. The van der Waals surface area contributed by atoms with E-state index in [0.29, 0.717) is 23.0 Å². The van der Waals surface area contributed by atoms with Crippen LogP contribution in [-0.2, 0) is 25.4 Å². The van der Waals surface area contributed by atoms with Crippen molar-refractivity contribution in [2.75, 3.05) is 0 Å². The first kappa shape index (κ1) is 17.4. The Balaban J connectivity index is 1.88. The van der Waals surface area contributed by atoms with Gasteiger partial charge in [0.2, 0.25) is 5.91 Å². The van der Waals surface area contributed by atoms with Crippen LogP contribution in [0, 0.1) is 11.8 Å². The highest BCUT2D eigenvalue weighted by Crippen LogP contribution is 2.29. The van der Waals surface area contributed by atoms with Crippen LogP contribution in [-0.4, -0.2) is 30.6 Å². The third kappa shape index (κ3) is 3.01. The molecule has 0 aliphatic heterocycles. The third-order valence-electron chi connectivity index (χ3n) is 5.56. The third-order valence-corrected chi connectivity index (χ3v) is 5.56. The Labute approximate surface area is 145 Å². The molecule has 1 aliphatic rings. The smallest absolute Gasteiger partial charge is 0.332 e. The fraction of sp³-hybridized carbons (Fsp3) is 0.647. The second-order valence-electron chi connectivity index (χ2n) is 7.20. The van der Waals surface area contributed by atoms with Gasteiger partial charge in [-0.25, -0.2) is 14.3 Å². The Morgan fingerprint density at radius 2 is 2.00 bits per heavy atom. The minimum absolute atomic E-state index is 0.0937. The van der Waals surface area contributed by atoms with Crippen LogP contribution in [0.1, 0.15) is 33.1 Å². The lowest BCUT2D eigenvalue weighted by Crippen LogP contribution is -2.48. The van der Waals surface area contributed by atoms with Crippen molar-refractivity contribution in [2.24, 2.45) is 25.9 Å². The Morgan fingerprint density at radius 1 is 1.28 bits per heavy atom. The lowest BCUT2D eigenvalue weighted by Gasteiger charge is -2.34. The first-order valence-electron chi connectivity index (χ1n) is 8.71. The standard InChI is InChI=1S/C17H25N5O3/c1-10-6-5-7-12(11(10)2)19-13(23)8-22-16(24)14-15(18-9-20(14)3)21(4)17(22)25/h9-12H,5-8H2,1-4H3,(H,19,23). The highest BCUT2D eigenvalue weighted by atomic mass is 16.2. The molecule has 1 N–H and O–H groups in total. The van der Waals surface area contributed by atoms with Crippen molar-refractivity contribution in [3.8, 4) is 0 Å². The summed E-state index contributed by atoms with van der Waals surface area (Å²) in [5.41, 5.74) is -0.381. The molecule has 2 aromatic rings. The average molecular weight is 347 g/mol. The number of imidazole rings is 1. The first-order chi connectivity index (χ1) is 11.8. The van der Waals surface area contributed by atoms with Gasteiger partial charge in [0.1, 0.15) is 6.54 Å². The van der Waals surface area contributed by atoms with Gasteiger partial charge in [0, 0.05) is 20.1 Å². The summed E-state index contributed by atoms with van der Waals surface area (Å²) < 4.78 is 3.85. The van der Waals surface area contributed by atoms with Crippen LogP contribution >= 0.6 is 0 Å². The zero-order valence-corrected chi connectivity index (χ0v) is 15.2. The van der Waals surface area contributed by atoms with E-state index >= 15 is 0 Å². The lowest BCUT2D eigenvalue weighted by atomic mass is 9.78. The van der Waals surface area contributed by atoms with Gasteiger partial charge in [-0.2, -0.15) is 0 Å². The van der Waals surface area contributed by atoms with Crippen LogP contribution < -0.4 is 16.6 Å². The van der Waals surface area contributed by atoms with Gasteiger partial charge >= 0.3 is 5.69 Å². The number of carbonyl (C=O) groups is 1. The number of amides is 1. The average Bonchev–Trinajstić information content (AvgIpc) is 2.96. The largest absolute Gasteiger partial charge is 0.352 e. The first-order valence-corrected chi connectivity index (χ1v) is 8.71. The molecule has 2 aromatic heterocycles. The van der Waals surface area contributed by atoms with E-state index in [-0.39, 0.29) is 18.5 Å². The number of hydrogen-bond acceptors (Lipinski definition) is 4. The van der Waals surface area contributed by atoms with E-state index in [2.05, 4.69) is 24.1 Å². The number of nitrogens with one attached hydrogen (secondary N) is 1. The Bertz CT molecular complexity index is 923. The van der Waals surface area contributed by atoms with Gasteiger partial charge in [-0.1, -0.05) is 26.7 Å². The predicted molar refractivity (Wildman–Crippen MR) is 94.3 cm³/mol. The molecule has 0 aromatic carbocycles. The molecule has 2 heterocycles. The van der Waals surface area contributed by atoms with E-state index in [9.17, 15) is 14.4 Å². The number of aryl methyl sites for hydroxylation is 2. The highest BCUT2D eigenvalue weighted by molar-refractivity contribution is 5.77. The molecule has 0 bridgehead atoms. The molecule has 8 nitrogen and oxygen atoms in total. The van der Waals surface area contributed by atoms with E-state index in [4.69, 9.17) is 0 Å². The topological polar surface area (TPSA) is 90.9 Å². The number of fused-ring (bicyclic) bond motifs is 1. The number of aromatic nitrogens is 4. The van der Waals surface area contributed by atoms with Gasteiger partial charge in [-0.3, -0.25) is 14.2 Å². The van der Waals surface area contributed by atoms with Crippen molar-refractivity contribution in [3.05, 3.63) is 27.2 Å². The predicted octanol–water partition coefficient (Wildman–Crippen LogP) is 0.375. The molecular formula is C17H25N5O3. The number of carbonyl (C=O) groups excluding carboxylic acids is 1. The van der Waals surface area contributed by atoms with Crippen molar-refractivity contribution in [2.45, 2.75) is 45.7 Å². The van der Waals surface area contributed by atoms with Gasteiger partial charge in [0.25, 0.3) is 5.56 Å². The zero-order valence-electron chi connectivity index (χ0n) is 15.2. The van der Waals surface area contributed by atoms with Gasteiger partial charge in [0.15, 0.2) is 11.2 Å². The van der Waals surface area contributed by atoms with Crippen LogP contribution in [0.25, 0.3) is 11.2 Å². The Morgan fingerprint density at radius 3 is 2.72 bits per heavy atom. The summed E-state index contributed by atoms with van der Waals surface area (Å²) in [5, 5.41) is 3.01. The summed E-state index contributed by atoms with van der Waals surface area (Å²) in [7, 11) is 3.24. The minimum Gasteiger partial charge on any atom is -0.352 e. The molecule has 0 saturated heterocycles. The molecule has 0 radical (unpaired) electrons. The van der Waals surface area contributed by atoms with Crippen LogP contribution in [0.2, 0.25) is 0 Å². The van der Waals surface area contributed by atoms with Gasteiger partial charge in [-0.15, -0.1) is 0 Å². The van der Waals surface area contributed by atoms with Crippen molar-refractivity contribution < 1.29 is 4.79 Å². The maximum atomic E-state index is 12.6. The van der Waals surface area contributed by atoms with Crippen molar-refractivity contribution in [1.29, 1.82) is 0 Å². The summed E-state index contributed by atoms with van der Waals surface area (Å²) in [5.74, 6) is 0.643. The van der Waals surface area contributed by atoms with Crippen molar-refractivity contribution in [3.63, 3.8) is 0 Å². The quantitative estimate of drug-likeness (QED) is 0.869. The summed E-state index contributed by atoms with van der Waals surface area (Å²) in [6, 6.07) is 0.0937. The molecule has 1 saturated carbocycles.